The van der Waals surface area contributed by atoms with Gasteiger partial charge in [-0.15, -0.1) is 0 Å². The number of benzene rings is 3. The predicted molar refractivity (Wildman–Crippen MR) is 136 cm³/mol. The van der Waals surface area contributed by atoms with Gasteiger partial charge >= 0.3 is 0 Å². The van der Waals surface area contributed by atoms with Crippen LogP contribution < -0.4 is 10.7 Å². The first-order valence-corrected chi connectivity index (χ1v) is 12.2. The fourth-order valence-corrected chi connectivity index (χ4v) is 4.91. The van der Waals surface area contributed by atoms with Crippen LogP contribution in [-0.4, -0.2) is 46.4 Å². The SMILES string of the molecule is OCc1ccccc1Sc1ccccc1CNc1nc(NN2CCOCC2)c2ccccc2n1. The molecular weight excluding hydrogens is 446 g/mol. The van der Waals surface area contributed by atoms with Gasteiger partial charge in [-0.3, -0.25) is 0 Å². The standard InChI is InChI=1S/C26H27N5O2S/c32-18-20-8-2-6-12-24(20)34-23-11-5-1-7-19(23)17-27-26-28-22-10-4-3-9-21(22)25(29-26)30-31-13-15-33-16-14-31/h1-12,32H,13-18H2,(H2,27,28,29,30). The minimum absolute atomic E-state index is 0.0213. The fraction of sp³-hybridized carbons (Fsp3) is 0.231. The monoisotopic (exact) mass is 473 g/mol. The van der Waals surface area contributed by atoms with Crippen molar-refractivity contribution in [2.45, 2.75) is 22.9 Å². The van der Waals surface area contributed by atoms with E-state index in [9.17, 15) is 5.11 Å². The van der Waals surface area contributed by atoms with Gasteiger partial charge in [-0.25, -0.2) is 9.99 Å². The number of hydrogen-bond donors (Lipinski definition) is 3. The second-order valence-corrected chi connectivity index (χ2v) is 9.04. The summed E-state index contributed by atoms with van der Waals surface area (Å²) in [6.45, 7) is 3.62. The zero-order valence-corrected chi connectivity index (χ0v) is 19.6. The molecule has 7 nitrogen and oxygen atoms in total. The van der Waals surface area contributed by atoms with E-state index in [4.69, 9.17) is 14.7 Å². The van der Waals surface area contributed by atoms with E-state index in [1.807, 2.05) is 60.7 Å². The van der Waals surface area contributed by atoms with Crippen LogP contribution in [0.2, 0.25) is 0 Å². The zero-order chi connectivity index (χ0) is 23.2. The maximum atomic E-state index is 9.69. The van der Waals surface area contributed by atoms with Gasteiger partial charge in [0.05, 0.1) is 25.3 Å². The number of aromatic nitrogens is 2. The van der Waals surface area contributed by atoms with Crippen LogP contribution in [0, 0.1) is 0 Å². The Labute approximate surface area is 203 Å². The minimum Gasteiger partial charge on any atom is -0.392 e. The Morgan fingerprint density at radius 3 is 2.32 bits per heavy atom. The molecule has 0 aliphatic carbocycles. The molecule has 0 bridgehead atoms. The number of nitrogens with zero attached hydrogens (tertiary/aromatic N) is 3. The molecule has 1 aliphatic rings. The Bertz CT molecular complexity index is 1260. The lowest BCUT2D eigenvalue weighted by Crippen LogP contribution is -2.40. The summed E-state index contributed by atoms with van der Waals surface area (Å²) in [6.07, 6.45) is 0. The molecule has 1 saturated heterocycles. The molecular formula is C26H27N5O2S. The summed E-state index contributed by atoms with van der Waals surface area (Å²) >= 11 is 1.66. The van der Waals surface area contributed by atoms with Crippen LogP contribution in [0.4, 0.5) is 11.8 Å². The van der Waals surface area contributed by atoms with E-state index in [2.05, 4.69) is 27.9 Å². The average Bonchev–Trinajstić information content (AvgIpc) is 2.89. The van der Waals surface area contributed by atoms with Gasteiger partial charge in [-0.2, -0.15) is 4.98 Å². The largest absolute Gasteiger partial charge is 0.392 e. The highest BCUT2D eigenvalue weighted by atomic mass is 32.2. The van der Waals surface area contributed by atoms with Crippen LogP contribution in [0.1, 0.15) is 11.1 Å². The lowest BCUT2D eigenvalue weighted by Gasteiger charge is -2.28. The van der Waals surface area contributed by atoms with Gasteiger partial charge < -0.3 is 20.6 Å². The molecule has 1 fully saturated rings. The quantitative estimate of drug-likeness (QED) is 0.344. The van der Waals surface area contributed by atoms with Crippen LogP contribution in [0.3, 0.4) is 0 Å². The molecule has 0 atom stereocenters. The third-order valence-corrected chi connectivity index (χ3v) is 6.89. The summed E-state index contributed by atoms with van der Waals surface area (Å²) < 4.78 is 5.46. The molecule has 3 aromatic carbocycles. The number of para-hydroxylation sites is 1. The molecule has 1 aromatic heterocycles. The number of nitrogens with one attached hydrogen (secondary N) is 2. The normalized spacial score (nSPS) is 14.3. The van der Waals surface area contributed by atoms with Crippen molar-refractivity contribution in [2.24, 2.45) is 0 Å². The van der Waals surface area contributed by atoms with Crippen LogP contribution in [0.15, 0.2) is 82.6 Å². The molecule has 3 N–H and O–H groups in total. The van der Waals surface area contributed by atoms with Gasteiger partial charge in [-0.05, 0) is 35.4 Å². The predicted octanol–water partition coefficient (Wildman–Crippen LogP) is 4.54. The van der Waals surface area contributed by atoms with Gasteiger partial charge in [0.1, 0.15) is 0 Å². The van der Waals surface area contributed by atoms with Crippen LogP contribution in [0.25, 0.3) is 10.9 Å². The molecule has 0 radical (unpaired) electrons. The van der Waals surface area contributed by atoms with Crippen molar-refractivity contribution in [3.63, 3.8) is 0 Å². The lowest BCUT2D eigenvalue weighted by molar-refractivity contribution is 0.0495. The van der Waals surface area contributed by atoms with E-state index in [-0.39, 0.29) is 6.61 Å². The average molecular weight is 474 g/mol. The Morgan fingerprint density at radius 1 is 0.853 bits per heavy atom. The third-order valence-electron chi connectivity index (χ3n) is 5.65. The molecule has 0 spiro atoms. The summed E-state index contributed by atoms with van der Waals surface area (Å²) in [5, 5.41) is 16.2. The number of rotatable bonds is 8. The van der Waals surface area contributed by atoms with Crippen molar-refractivity contribution in [1.82, 2.24) is 15.0 Å². The Hall–Kier alpha value is -3.17. The molecule has 0 unspecified atom stereocenters. The van der Waals surface area contributed by atoms with Gasteiger partial charge in [0.25, 0.3) is 0 Å². The molecule has 8 heteroatoms. The van der Waals surface area contributed by atoms with Crippen molar-refractivity contribution in [3.05, 3.63) is 83.9 Å². The van der Waals surface area contributed by atoms with E-state index in [1.165, 1.54) is 0 Å². The second kappa shape index (κ2) is 10.8. The summed E-state index contributed by atoms with van der Waals surface area (Å²) in [5.41, 5.74) is 6.40. The molecule has 174 valence electrons. The topological polar surface area (TPSA) is 82.5 Å². The van der Waals surface area contributed by atoms with E-state index >= 15 is 0 Å². The van der Waals surface area contributed by atoms with Crippen molar-refractivity contribution in [3.8, 4) is 0 Å². The number of morpholine rings is 1. The number of anilines is 2. The molecule has 34 heavy (non-hydrogen) atoms. The van der Waals surface area contributed by atoms with Gasteiger partial charge in [0.2, 0.25) is 5.95 Å². The highest BCUT2D eigenvalue weighted by Crippen LogP contribution is 2.33. The number of fused-ring (bicyclic) bond motifs is 1. The molecule has 5 rings (SSSR count). The highest BCUT2D eigenvalue weighted by molar-refractivity contribution is 7.99. The zero-order valence-electron chi connectivity index (χ0n) is 18.8. The maximum absolute atomic E-state index is 9.69. The van der Waals surface area contributed by atoms with Crippen LogP contribution in [0.5, 0.6) is 0 Å². The molecule has 0 saturated carbocycles. The Morgan fingerprint density at radius 2 is 1.53 bits per heavy atom. The smallest absolute Gasteiger partial charge is 0.225 e. The molecule has 4 aromatic rings. The van der Waals surface area contributed by atoms with Crippen LogP contribution in [-0.2, 0) is 17.9 Å². The molecule has 0 amide bonds. The van der Waals surface area contributed by atoms with E-state index in [1.54, 1.807) is 11.8 Å². The maximum Gasteiger partial charge on any atom is 0.225 e. The number of aliphatic hydroxyl groups excluding tert-OH is 1. The van der Waals surface area contributed by atoms with E-state index in [0.717, 1.165) is 50.7 Å². The van der Waals surface area contributed by atoms with Crippen molar-refractivity contribution in [2.75, 3.05) is 37.0 Å². The van der Waals surface area contributed by atoms with Crippen molar-refractivity contribution < 1.29 is 9.84 Å². The van der Waals surface area contributed by atoms with Crippen LogP contribution >= 0.6 is 11.8 Å². The van der Waals surface area contributed by atoms with E-state index < -0.39 is 0 Å². The van der Waals surface area contributed by atoms with Crippen molar-refractivity contribution >= 4 is 34.4 Å². The summed E-state index contributed by atoms with van der Waals surface area (Å²) in [6, 6.07) is 24.2. The Balaban J connectivity index is 1.37. The minimum atomic E-state index is 0.0213. The third kappa shape index (κ3) is 5.31. The number of aliphatic hydroxyl groups is 1. The Kier molecular flexibility index (Phi) is 7.21. The van der Waals surface area contributed by atoms with Crippen molar-refractivity contribution in [1.29, 1.82) is 0 Å². The van der Waals surface area contributed by atoms with E-state index in [0.29, 0.717) is 25.7 Å². The first-order valence-electron chi connectivity index (χ1n) is 11.3. The number of hydrogen-bond acceptors (Lipinski definition) is 8. The first kappa shape index (κ1) is 22.6. The van der Waals surface area contributed by atoms with Gasteiger partial charge in [0.15, 0.2) is 5.82 Å². The molecule has 1 aliphatic heterocycles. The fourth-order valence-electron chi connectivity index (χ4n) is 3.84. The first-order chi connectivity index (χ1) is 16.8. The van der Waals surface area contributed by atoms with Gasteiger partial charge in [-0.1, -0.05) is 60.3 Å². The number of hydrazine groups is 1. The summed E-state index contributed by atoms with van der Waals surface area (Å²) in [7, 11) is 0. The summed E-state index contributed by atoms with van der Waals surface area (Å²) in [4.78, 5) is 11.7. The second-order valence-electron chi connectivity index (χ2n) is 7.95. The number of ether oxygens (including phenoxy) is 1. The summed E-state index contributed by atoms with van der Waals surface area (Å²) in [5.74, 6) is 1.36. The van der Waals surface area contributed by atoms with Gasteiger partial charge in [0, 0.05) is 34.8 Å². The lowest BCUT2D eigenvalue weighted by atomic mass is 10.2. The highest BCUT2D eigenvalue weighted by Gasteiger charge is 2.14. The molecule has 2 heterocycles.